The Bertz CT molecular complexity index is 401. The molecule has 0 N–H and O–H groups in total. The zero-order chi connectivity index (χ0) is 13.7. The summed E-state index contributed by atoms with van der Waals surface area (Å²) >= 11 is 0. The average Bonchev–Trinajstić information content (AvgIpc) is 3.05. The van der Waals surface area contributed by atoms with Crippen LogP contribution in [0.25, 0.3) is 0 Å². The lowest BCUT2D eigenvalue weighted by atomic mass is 9.55. The first-order valence-corrected chi connectivity index (χ1v) is 8.19. The standard InChI is InChI=1S/C16H25NO3/c1-19-15(18)11-4-7-17(8-5-11)13-3-2-6-16-9-12(10-20-16)14(13)16/h11-14H,2-10H2,1H3. The van der Waals surface area contributed by atoms with Gasteiger partial charge >= 0.3 is 5.97 Å². The molecule has 0 aromatic rings. The van der Waals surface area contributed by atoms with Crippen molar-refractivity contribution in [2.24, 2.45) is 17.8 Å². The van der Waals surface area contributed by atoms with Crippen molar-refractivity contribution in [1.82, 2.24) is 4.90 Å². The summed E-state index contributed by atoms with van der Waals surface area (Å²) in [5.74, 6) is 1.71. The first kappa shape index (κ1) is 13.1. The van der Waals surface area contributed by atoms with Crippen molar-refractivity contribution < 1.29 is 14.3 Å². The Kier molecular flexibility index (Phi) is 3.08. The molecule has 0 radical (unpaired) electrons. The van der Waals surface area contributed by atoms with Crippen LogP contribution in [0, 0.1) is 17.8 Å². The van der Waals surface area contributed by atoms with Gasteiger partial charge in [-0.15, -0.1) is 0 Å². The molecule has 5 aliphatic rings. The van der Waals surface area contributed by atoms with Crippen LogP contribution in [0.15, 0.2) is 0 Å². The maximum absolute atomic E-state index is 11.6. The van der Waals surface area contributed by atoms with Crippen LogP contribution in [0.3, 0.4) is 0 Å². The molecule has 3 aliphatic heterocycles. The number of methoxy groups -OCH3 is 1. The lowest BCUT2D eigenvalue weighted by Gasteiger charge is -2.56. The molecule has 4 unspecified atom stereocenters. The second-order valence-corrected chi connectivity index (χ2v) is 7.16. The minimum Gasteiger partial charge on any atom is -0.469 e. The summed E-state index contributed by atoms with van der Waals surface area (Å²) in [5.41, 5.74) is 0.257. The number of piperidine rings is 1. The Morgan fingerprint density at radius 2 is 2.10 bits per heavy atom. The molecule has 0 aromatic heterocycles. The van der Waals surface area contributed by atoms with E-state index in [0.717, 1.165) is 44.4 Å². The quantitative estimate of drug-likeness (QED) is 0.723. The van der Waals surface area contributed by atoms with Crippen LogP contribution in [-0.2, 0) is 14.3 Å². The Labute approximate surface area is 120 Å². The van der Waals surface area contributed by atoms with Crippen molar-refractivity contribution >= 4 is 5.97 Å². The number of hydrogen-bond donors (Lipinski definition) is 0. The molecule has 0 amide bonds. The molecule has 3 heterocycles. The van der Waals surface area contributed by atoms with Crippen LogP contribution in [0.4, 0.5) is 0 Å². The van der Waals surface area contributed by atoms with Crippen molar-refractivity contribution in [1.29, 1.82) is 0 Å². The number of fused-ring (bicyclic) bond motifs is 1. The van der Waals surface area contributed by atoms with E-state index in [1.165, 1.54) is 32.8 Å². The van der Waals surface area contributed by atoms with E-state index in [0.29, 0.717) is 6.04 Å². The molecule has 4 atom stereocenters. The van der Waals surface area contributed by atoms with Crippen LogP contribution in [0.1, 0.15) is 38.5 Å². The van der Waals surface area contributed by atoms with Crippen molar-refractivity contribution in [2.75, 3.05) is 26.8 Å². The predicted molar refractivity (Wildman–Crippen MR) is 74.2 cm³/mol. The normalized spacial score (nSPS) is 44.8. The van der Waals surface area contributed by atoms with Crippen LogP contribution in [0.5, 0.6) is 0 Å². The maximum atomic E-state index is 11.6. The highest BCUT2D eigenvalue weighted by Gasteiger charge is 2.64. The van der Waals surface area contributed by atoms with E-state index in [2.05, 4.69) is 4.90 Å². The fourth-order valence-corrected chi connectivity index (χ4v) is 5.41. The molecule has 2 aliphatic carbocycles. The topological polar surface area (TPSA) is 38.8 Å². The molecule has 3 saturated heterocycles. The number of hydrogen-bond acceptors (Lipinski definition) is 4. The Morgan fingerprint density at radius 3 is 2.80 bits per heavy atom. The summed E-state index contributed by atoms with van der Waals surface area (Å²) in [5, 5.41) is 0. The number of ether oxygens (including phenoxy) is 2. The molecule has 112 valence electrons. The Morgan fingerprint density at radius 1 is 1.30 bits per heavy atom. The fraction of sp³-hybridized carbons (Fsp3) is 0.938. The number of esters is 1. The first-order chi connectivity index (χ1) is 9.73. The molecule has 2 saturated carbocycles. The molecule has 1 spiro atoms. The SMILES string of the molecule is COC(=O)C1CCN(C2CCCC34CC(CO3)C24)CC1. The average molecular weight is 279 g/mol. The molecule has 4 nitrogen and oxygen atoms in total. The number of likely N-dealkylation sites (tertiary alicyclic amines) is 1. The number of carbonyl (C=O) groups excluding carboxylic acids is 1. The molecule has 2 bridgehead atoms. The molecule has 0 aromatic carbocycles. The van der Waals surface area contributed by atoms with E-state index in [9.17, 15) is 4.79 Å². The van der Waals surface area contributed by atoms with E-state index in [4.69, 9.17) is 9.47 Å². The highest BCUT2D eigenvalue weighted by atomic mass is 16.5. The van der Waals surface area contributed by atoms with Gasteiger partial charge in [0.15, 0.2) is 0 Å². The van der Waals surface area contributed by atoms with Crippen LogP contribution in [0.2, 0.25) is 0 Å². The van der Waals surface area contributed by atoms with Crippen LogP contribution >= 0.6 is 0 Å². The van der Waals surface area contributed by atoms with Gasteiger partial charge in [0, 0.05) is 12.0 Å². The molecule has 20 heavy (non-hydrogen) atoms. The summed E-state index contributed by atoms with van der Waals surface area (Å²) in [6.45, 7) is 3.12. The minimum absolute atomic E-state index is 0.0168. The number of carbonyl (C=O) groups is 1. The second kappa shape index (κ2) is 4.70. The van der Waals surface area contributed by atoms with Crippen molar-refractivity contribution in [2.45, 2.75) is 50.2 Å². The van der Waals surface area contributed by atoms with Crippen molar-refractivity contribution in [3.8, 4) is 0 Å². The van der Waals surface area contributed by atoms with Gasteiger partial charge < -0.3 is 9.47 Å². The van der Waals surface area contributed by atoms with Gasteiger partial charge in [-0.05, 0) is 57.5 Å². The van der Waals surface area contributed by atoms with Gasteiger partial charge in [0.25, 0.3) is 0 Å². The van der Waals surface area contributed by atoms with Gasteiger partial charge in [0.1, 0.15) is 0 Å². The maximum Gasteiger partial charge on any atom is 0.308 e. The van der Waals surface area contributed by atoms with Crippen LogP contribution < -0.4 is 0 Å². The number of nitrogens with zero attached hydrogens (tertiary/aromatic N) is 1. The minimum atomic E-state index is -0.0168. The molecular weight excluding hydrogens is 254 g/mol. The van der Waals surface area contributed by atoms with Gasteiger partial charge in [-0.3, -0.25) is 9.69 Å². The van der Waals surface area contributed by atoms with E-state index in [-0.39, 0.29) is 17.5 Å². The summed E-state index contributed by atoms with van der Waals surface area (Å²) in [6, 6.07) is 0.712. The second-order valence-electron chi connectivity index (χ2n) is 7.16. The summed E-state index contributed by atoms with van der Waals surface area (Å²) < 4.78 is 11.0. The Balaban J connectivity index is 1.41. The summed E-state index contributed by atoms with van der Waals surface area (Å²) in [6.07, 6.45) is 7.17. The number of rotatable bonds is 2. The third-order valence-electron chi connectivity index (χ3n) is 6.36. The van der Waals surface area contributed by atoms with Gasteiger partial charge in [0.05, 0.1) is 25.2 Å². The highest BCUT2D eigenvalue weighted by Crippen LogP contribution is 2.61. The third-order valence-corrected chi connectivity index (χ3v) is 6.36. The van der Waals surface area contributed by atoms with E-state index < -0.39 is 0 Å². The summed E-state index contributed by atoms with van der Waals surface area (Å²) in [7, 11) is 1.50. The summed E-state index contributed by atoms with van der Waals surface area (Å²) in [4.78, 5) is 14.3. The van der Waals surface area contributed by atoms with E-state index in [1.54, 1.807) is 0 Å². The molecule has 4 heteroatoms. The third kappa shape index (κ3) is 1.77. The molecule has 5 fully saturated rings. The largest absolute Gasteiger partial charge is 0.469 e. The predicted octanol–water partition coefficient (Wildman–Crippen LogP) is 1.83. The first-order valence-electron chi connectivity index (χ1n) is 8.19. The molecule has 5 rings (SSSR count). The monoisotopic (exact) mass is 279 g/mol. The van der Waals surface area contributed by atoms with Gasteiger partial charge in [-0.2, -0.15) is 0 Å². The lowest BCUT2D eigenvalue weighted by molar-refractivity contribution is -0.149. The Hall–Kier alpha value is -0.610. The highest BCUT2D eigenvalue weighted by molar-refractivity contribution is 5.72. The van der Waals surface area contributed by atoms with E-state index >= 15 is 0 Å². The van der Waals surface area contributed by atoms with E-state index in [1.807, 2.05) is 0 Å². The van der Waals surface area contributed by atoms with Crippen molar-refractivity contribution in [3.63, 3.8) is 0 Å². The van der Waals surface area contributed by atoms with Gasteiger partial charge in [0.2, 0.25) is 0 Å². The zero-order valence-electron chi connectivity index (χ0n) is 12.3. The smallest absolute Gasteiger partial charge is 0.308 e. The van der Waals surface area contributed by atoms with Crippen LogP contribution in [-0.4, -0.2) is 49.3 Å². The molecular formula is C16H25NO3. The van der Waals surface area contributed by atoms with Crippen molar-refractivity contribution in [3.05, 3.63) is 0 Å². The van der Waals surface area contributed by atoms with Gasteiger partial charge in [-0.25, -0.2) is 0 Å². The zero-order valence-corrected chi connectivity index (χ0v) is 12.3. The lowest BCUT2D eigenvalue weighted by Crippen LogP contribution is -2.61. The fourth-order valence-electron chi connectivity index (χ4n) is 5.41. The van der Waals surface area contributed by atoms with Gasteiger partial charge in [-0.1, -0.05) is 0 Å².